The van der Waals surface area contributed by atoms with E-state index >= 15 is 0 Å². The fourth-order valence-electron chi connectivity index (χ4n) is 2.46. The molecule has 100 valence electrons. The third-order valence-electron chi connectivity index (χ3n) is 3.59. The zero-order valence-corrected chi connectivity index (χ0v) is 12.5. The maximum Gasteiger partial charge on any atom is 0.138 e. The van der Waals surface area contributed by atoms with Gasteiger partial charge in [0.15, 0.2) is 0 Å². The second-order valence-electron chi connectivity index (χ2n) is 5.09. The molecule has 0 atom stereocenters. The van der Waals surface area contributed by atoms with Crippen LogP contribution in [0.2, 0.25) is 0 Å². The standard InChI is InChI=1S/C14H19FINO/c15-11-6-5-7-12(13(11)16)17-10-14(18)8-3-1-2-4-9-14/h5-7,17-18H,1-4,8-10H2. The molecule has 1 aliphatic carbocycles. The third-order valence-corrected chi connectivity index (χ3v) is 4.69. The van der Waals surface area contributed by atoms with Crippen LogP contribution in [0.3, 0.4) is 0 Å². The molecule has 0 spiro atoms. The molecule has 1 aromatic carbocycles. The maximum absolute atomic E-state index is 13.4. The van der Waals surface area contributed by atoms with E-state index in [2.05, 4.69) is 5.32 Å². The highest BCUT2D eigenvalue weighted by atomic mass is 127. The van der Waals surface area contributed by atoms with Crippen LogP contribution < -0.4 is 5.32 Å². The number of halogens is 2. The number of anilines is 1. The van der Waals surface area contributed by atoms with Gasteiger partial charge < -0.3 is 10.4 Å². The Morgan fingerprint density at radius 2 is 1.89 bits per heavy atom. The van der Waals surface area contributed by atoms with E-state index in [1.165, 1.54) is 18.9 Å². The van der Waals surface area contributed by atoms with Gasteiger partial charge in [-0.2, -0.15) is 0 Å². The second-order valence-corrected chi connectivity index (χ2v) is 6.17. The Kier molecular flexibility index (Phi) is 4.84. The van der Waals surface area contributed by atoms with Gasteiger partial charge in [-0.1, -0.05) is 31.7 Å². The van der Waals surface area contributed by atoms with Gasteiger partial charge in [0.05, 0.1) is 14.9 Å². The molecule has 0 aromatic heterocycles. The van der Waals surface area contributed by atoms with Gasteiger partial charge in [0.2, 0.25) is 0 Å². The third kappa shape index (κ3) is 3.57. The molecule has 0 bridgehead atoms. The van der Waals surface area contributed by atoms with Crippen LogP contribution in [0.5, 0.6) is 0 Å². The summed E-state index contributed by atoms with van der Waals surface area (Å²) in [6, 6.07) is 5.00. The fraction of sp³-hybridized carbons (Fsp3) is 0.571. The first-order valence-corrected chi connectivity index (χ1v) is 7.59. The average molecular weight is 363 g/mol. The molecule has 18 heavy (non-hydrogen) atoms. The van der Waals surface area contributed by atoms with Crippen molar-refractivity contribution in [2.75, 3.05) is 11.9 Å². The molecular weight excluding hydrogens is 344 g/mol. The Bertz CT molecular complexity index is 403. The van der Waals surface area contributed by atoms with Crippen LogP contribution in [0, 0.1) is 9.39 Å². The summed E-state index contributed by atoms with van der Waals surface area (Å²) in [6.45, 7) is 0.506. The zero-order chi connectivity index (χ0) is 13.0. The number of rotatable bonds is 3. The van der Waals surface area contributed by atoms with Crippen molar-refractivity contribution in [3.63, 3.8) is 0 Å². The average Bonchev–Trinajstić information content (AvgIpc) is 2.57. The minimum atomic E-state index is -0.633. The van der Waals surface area contributed by atoms with Crippen LogP contribution in [0.15, 0.2) is 18.2 Å². The quantitative estimate of drug-likeness (QED) is 0.630. The summed E-state index contributed by atoms with van der Waals surface area (Å²) in [4.78, 5) is 0. The zero-order valence-electron chi connectivity index (χ0n) is 10.4. The topological polar surface area (TPSA) is 32.3 Å². The first-order chi connectivity index (χ1) is 8.61. The lowest BCUT2D eigenvalue weighted by atomic mass is 9.94. The van der Waals surface area contributed by atoms with Crippen molar-refractivity contribution < 1.29 is 9.50 Å². The van der Waals surface area contributed by atoms with E-state index in [9.17, 15) is 9.50 Å². The first kappa shape index (κ1) is 14.1. The Balaban J connectivity index is 1.99. The van der Waals surface area contributed by atoms with Crippen molar-refractivity contribution in [3.8, 4) is 0 Å². The molecule has 0 radical (unpaired) electrons. The van der Waals surface area contributed by atoms with Crippen LogP contribution >= 0.6 is 22.6 Å². The summed E-state index contributed by atoms with van der Waals surface area (Å²) >= 11 is 1.99. The van der Waals surface area contributed by atoms with Crippen molar-refractivity contribution in [1.82, 2.24) is 0 Å². The SMILES string of the molecule is OC1(CNc2cccc(F)c2I)CCCCCC1. The molecule has 2 nitrogen and oxygen atoms in total. The number of hydrogen-bond acceptors (Lipinski definition) is 2. The number of benzene rings is 1. The van der Waals surface area contributed by atoms with Crippen LogP contribution in [-0.4, -0.2) is 17.3 Å². The van der Waals surface area contributed by atoms with Crippen LogP contribution in [0.1, 0.15) is 38.5 Å². The van der Waals surface area contributed by atoms with E-state index < -0.39 is 5.60 Å². The van der Waals surface area contributed by atoms with E-state index in [0.29, 0.717) is 10.1 Å². The molecule has 0 unspecified atom stereocenters. The minimum Gasteiger partial charge on any atom is -0.388 e. The van der Waals surface area contributed by atoms with E-state index in [0.717, 1.165) is 31.4 Å². The highest BCUT2D eigenvalue weighted by Crippen LogP contribution is 2.28. The minimum absolute atomic E-state index is 0.214. The first-order valence-electron chi connectivity index (χ1n) is 6.51. The predicted octanol–water partition coefficient (Wildman–Crippen LogP) is 3.93. The van der Waals surface area contributed by atoms with Gasteiger partial charge in [-0.3, -0.25) is 0 Å². The molecule has 0 saturated heterocycles. The van der Waals surface area contributed by atoms with Gasteiger partial charge in [-0.05, 0) is 47.6 Å². The van der Waals surface area contributed by atoms with Crippen molar-refractivity contribution in [2.24, 2.45) is 0 Å². The van der Waals surface area contributed by atoms with Gasteiger partial charge in [-0.15, -0.1) is 0 Å². The Morgan fingerprint density at radius 1 is 1.22 bits per heavy atom. The van der Waals surface area contributed by atoms with Gasteiger partial charge in [-0.25, -0.2) is 4.39 Å². The summed E-state index contributed by atoms with van der Waals surface area (Å²) in [6.07, 6.45) is 6.26. The Morgan fingerprint density at radius 3 is 2.56 bits per heavy atom. The van der Waals surface area contributed by atoms with Gasteiger partial charge in [0.25, 0.3) is 0 Å². The summed E-state index contributed by atoms with van der Waals surface area (Å²) in [5, 5.41) is 13.7. The summed E-state index contributed by atoms with van der Waals surface area (Å²) < 4.78 is 14.0. The van der Waals surface area contributed by atoms with Gasteiger partial charge >= 0.3 is 0 Å². The number of nitrogens with one attached hydrogen (secondary N) is 1. The van der Waals surface area contributed by atoms with E-state index in [1.54, 1.807) is 6.07 Å². The van der Waals surface area contributed by atoms with Crippen LogP contribution in [0.4, 0.5) is 10.1 Å². The maximum atomic E-state index is 13.4. The highest BCUT2D eigenvalue weighted by molar-refractivity contribution is 14.1. The fourth-order valence-corrected chi connectivity index (χ4v) is 3.01. The van der Waals surface area contributed by atoms with Crippen molar-refractivity contribution in [1.29, 1.82) is 0 Å². The molecule has 4 heteroatoms. The number of aliphatic hydroxyl groups is 1. The predicted molar refractivity (Wildman–Crippen MR) is 80.3 cm³/mol. The summed E-state index contributed by atoms with van der Waals surface area (Å²) in [5.74, 6) is -0.214. The lowest BCUT2D eigenvalue weighted by Crippen LogP contribution is -2.36. The number of hydrogen-bond donors (Lipinski definition) is 2. The van der Waals surface area contributed by atoms with Crippen LogP contribution in [-0.2, 0) is 0 Å². The molecule has 0 aliphatic heterocycles. The molecule has 1 aromatic rings. The molecule has 2 rings (SSSR count). The summed E-state index contributed by atoms with van der Waals surface area (Å²) in [7, 11) is 0. The molecule has 1 aliphatic rings. The highest BCUT2D eigenvalue weighted by Gasteiger charge is 2.27. The molecule has 2 N–H and O–H groups in total. The molecule has 1 saturated carbocycles. The van der Waals surface area contributed by atoms with Crippen LogP contribution in [0.25, 0.3) is 0 Å². The second kappa shape index (κ2) is 6.19. The molecule has 0 heterocycles. The van der Waals surface area contributed by atoms with Crippen molar-refractivity contribution in [2.45, 2.75) is 44.1 Å². The van der Waals surface area contributed by atoms with Gasteiger partial charge in [0.1, 0.15) is 5.82 Å². The largest absolute Gasteiger partial charge is 0.388 e. The van der Waals surface area contributed by atoms with E-state index in [-0.39, 0.29) is 5.82 Å². The smallest absolute Gasteiger partial charge is 0.138 e. The van der Waals surface area contributed by atoms with Gasteiger partial charge in [0, 0.05) is 6.54 Å². The molecular formula is C14H19FINO. The molecule has 0 amide bonds. The Hall–Kier alpha value is -0.360. The van der Waals surface area contributed by atoms with E-state index in [4.69, 9.17) is 0 Å². The van der Waals surface area contributed by atoms with Crippen molar-refractivity contribution in [3.05, 3.63) is 27.6 Å². The monoisotopic (exact) mass is 363 g/mol. The summed E-state index contributed by atoms with van der Waals surface area (Å²) in [5.41, 5.74) is 0.139. The lowest BCUT2D eigenvalue weighted by molar-refractivity contribution is 0.0381. The lowest BCUT2D eigenvalue weighted by Gasteiger charge is -2.27. The Labute approximate surface area is 121 Å². The normalized spacial score (nSPS) is 19.3. The van der Waals surface area contributed by atoms with Crippen molar-refractivity contribution >= 4 is 28.3 Å². The molecule has 1 fully saturated rings. The van der Waals surface area contributed by atoms with E-state index in [1.807, 2.05) is 28.7 Å².